The van der Waals surface area contributed by atoms with Crippen LogP contribution >= 0.6 is 0 Å². The maximum Gasteiger partial charge on any atom is 0.328 e. The summed E-state index contributed by atoms with van der Waals surface area (Å²) in [5.74, 6) is -0.898. The van der Waals surface area contributed by atoms with E-state index in [1.807, 2.05) is 7.05 Å². The normalized spacial score (nSPS) is 11.3. The molecule has 0 atom stereocenters. The van der Waals surface area contributed by atoms with E-state index in [2.05, 4.69) is 36.9 Å². The van der Waals surface area contributed by atoms with Crippen LogP contribution in [0.4, 0.5) is 0 Å². The number of carboxylic acid groups (broad SMARTS) is 1. The Kier molecular flexibility index (Phi) is 4.91. The van der Waals surface area contributed by atoms with Gasteiger partial charge in [-0.2, -0.15) is 0 Å². The van der Waals surface area contributed by atoms with Crippen LogP contribution in [0, 0.1) is 13.8 Å². The van der Waals surface area contributed by atoms with Crippen molar-refractivity contribution in [1.82, 2.24) is 4.90 Å². The first-order valence-electron chi connectivity index (χ1n) is 5.63. The molecule has 0 aromatic heterocycles. The number of rotatable bonds is 5. The first kappa shape index (κ1) is 13.5. The van der Waals surface area contributed by atoms with Crippen LogP contribution in [0.1, 0.15) is 16.7 Å². The van der Waals surface area contributed by atoms with Crippen molar-refractivity contribution in [3.05, 3.63) is 47.0 Å². The minimum Gasteiger partial charge on any atom is -0.478 e. The zero-order chi connectivity index (χ0) is 12.8. The van der Waals surface area contributed by atoms with Gasteiger partial charge >= 0.3 is 5.97 Å². The number of nitrogens with zero attached hydrogens (tertiary/aromatic N) is 1. The summed E-state index contributed by atoms with van der Waals surface area (Å²) in [5, 5.41) is 8.49. The van der Waals surface area contributed by atoms with Crippen molar-refractivity contribution in [2.45, 2.75) is 20.4 Å². The Morgan fingerprint density at radius 1 is 1.41 bits per heavy atom. The zero-order valence-electron chi connectivity index (χ0n) is 10.6. The molecule has 0 unspecified atom stereocenters. The number of aliphatic carboxylic acids is 1. The smallest absolute Gasteiger partial charge is 0.328 e. The lowest BCUT2D eigenvalue weighted by atomic mass is 10.1. The van der Waals surface area contributed by atoms with Gasteiger partial charge in [-0.3, -0.25) is 4.90 Å². The summed E-state index contributed by atoms with van der Waals surface area (Å²) in [5.41, 5.74) is 3.82. The SMILES string of the molecule is Cc1ccc(CN(C)C/C=C/C(=O)O)c(C)c1. The molecule has 1 rings (SSSR count). The van der Waals surface area contributed by atoms with Crippen LogP contribution in [-0.4, -0.2) is 29.6 Å². The summed E-state index contributed by atoms with van der Waals surface area (Å²) >= 11 is 0. The van der Waals surface area contributed by atoms with E-state index in [-0.39, 0.29) is 0 Å². The lowest BCUT2D eigenvalue weighted by molar-refractivity contribution is -0.131. The highest BCUT2D eigenvalue weighted by Crippen LogP contribution is 2.12. The molecule has 0 aliphatic carbocycles. The molecular weight excluding hydrogens is 214 g/mol. The highest BCUT2D eigenvalue weighted by molar-refractivity contribution is 5.79. The van der Waals surface area contributed by atoms with Crippen LogP contribution in [0.3, 0.4) is 0 Å². The van der Waals surface area contributed by atoms with Crippen molar-refractivity contribution >= 4 is 5.97 Å². The largest absolute Gasteiger partial charge is 0.478 e. The summed E-state index contributed by atoms with van der Waals surface area (Å²) in [6.07, 6.45) is 2.84. The van der Waals surface area contributed by atoms with Gasteiger partial charge in [0.05, 0.1) is 0 Å². The summed E-state index contributed by atoms with van der Waals surface area (Å²) < 4.78 is 0. The summed E-state index contributed by atoms with van der Waals surface area (Å²) in [7, 11) is 1.98. The van der Waals surface area contributed by atoms with Crippen LogP contribution in [0.15, 0.2) is 30.4 Å². The summed E-state index contributed by atoms with van der Waals surface area (Å²) in [4.78, 5) is 12.4. The fraction of sp³-hybridized carbons (Fsp3) is 0.357. The van der Waals surface area contributed by atoms with Crippen LogP contribution in [-0.2, 0) is 11.3 Å². The lowest BCUT2D eigenvalue weighted by Crippen LogP contribution is -2.18. The van der Waals surface area contributed by atoms with E-state index in [4.69, 9.17) is 5.11 Å². The van der Waals surface area contributed by atoms with Crippen molar-refractivity contribution < 1.29 is 9.90 Å². The number of hydrogen-bond acceptors (Lipinski definition) is 2. The Labute approximate surface area is 102 Å². The predicted octanol–water partition coefficient (Wildman–Crippen LogP) is 2.38. The van der Waals surface area contributed by atoms with E-state index < -0.39 is 5.97 Å². The first-order valence-corrected chi connectivity index (χ1v) is 5.63. The Hall–Kier alpha value is -1.61. The summed E-state index contributed by atoms with van der Waals surface area (Å²) in [6, 6.07) is 6.39. The number of benzene rings is 1. The number of carbonyl (C=O) groups is 1. The molecule has 0 saturated carbocycles. The number of carboxylic acids is 1. The second kappa shape index (κ2) is 6.21. The molecule has 17 heavy (non-hydrogen) atoms. The highest BCUT2D eigenvalue weighted by atomic mass is 16.4. The number of aryl methyl sites for hydroxylation is 2. The topological polar surface area (TPSA) is 40.5 Å². The second-order valence-electron chi connectivity index (χ2n) is 4.37. The molecule has 92 valence electrons. The molecule has 0 radical (unpaired) electrons. The molecule has 1 aromatic carbocycles. The van der Waals surface area contributed by atoms with Gasteiger partial charge in [-0.05, 0) is 32.0 Å². The maximum atomic E-state index is 10.3. The van der Waals surface area contributed by atoms with E-state index in [0.29, 0.717) is 6.54 Å². The van der Waals surface area contributed by atoms with Crippen LogP contribution < -0.4 is 0 Å². The van der Waals surface area contributed by atoms with Crippen molar-refractivity contribution in [2.24, 2.45) is 0 Å². The number of likely N-dealkylation sites (N-methyl/N-ethyl adjacent to an activating group) is 1. The Morgan fingerprint density at radius 3 is 2.71 bits per heavy atom. The van der Waals surface area contributed by atoms with Gasteiger partial charge in [-0.15, -0.1) is 0 Å². The Morgan fingerprint density at radius 2 is 2.12 bits per heavy atom. The van der Waals surface area contributed by atoms with Crippen LogP contribution in [0.2, 0.25) is 0 Å². The molecular formula is C14H19NO2. The Balaban J connectivity index is 2.56. The standard InChI is InChI=1S/C14H19NO2/c1-11-6-7-13(12(2)9-11)10-15(3)8-4-5-14(16)17/h4-7,9H,8,10H2,1-3H3,(H,16,17)/b5-4+. The lowest BCUT2D eigenvalue weighted by Gasteiger charge is -2.16. The van der Waals surface area contributed by atoms with Crippen LogP contribution in [0.25, 0.3) is 0 Å². The van der Waals surface area contributed by atoms with Crippen LogP contribution in [0.5, 0.6) is 0 Å². The number of hydrogen-bond donors (Lipinski definition) is 1. The van der Waals surface area contributed by atoms with Crippen molar-refractivity contribution in [1.29, 1.82) is 0 Å². The molecule has 0 fully saturated rings. The average molecular weight is 233 g/mol. The molecule has 3 nitrogen and oxygen atoms in total. The van der Waals surface area contributed by atoms with Gasteiger partial charge in [0.1, 0.15) is 0 Å². The monoisotopic (exact) mass is 233 g/mol. The average Bonchev–Trinajstić information content (AvgIpc) is 2.21. The van der Waals surface area contributed by atoms with E-state index in [9.17, 15) is 4.79 Å². The van der Waals surface area contributed by atoms with Gasteiger partial charge in [0.15, 0.2) is 0 Å². The molecule has 0 saturated heterocycles. The molecule has 0 spiro atoms. The molecule has 0 amide bonds. The van der Waals surface area contributed by atoms with E-state index in [0.717, 1.165) is 6.54 Å². The minimum atomic E-state index is -0.898. The zero-order valence-corrected chi connectivity index (χ0v) is 10.6. The van der Waals surface area contributed by atoms with Gasteiger partial charge in [-0.25, -0.2) is 4.79 Å². The summed E-state index contributed by atoms with van der Waals surface area (Å²) in [6.45, 7) is 5.65. The predicted molar refractivity (Wildman–Crippen MR) is 69.0 cm³/mol. The van der Waals surface area contributed by atoms with Gasteiger partial charge in [0.25, 0.3) is 0 Å². The first-order chi connectivity index (χ1) is 7.99. The van der Waals surface area contributed by atoms with E-state index in [1.165, 1.54) is 22.8 Å². The third kappa shape index (κ3) is 4.83. The molecule has 0 bridgehead atoms. The highest BCUT2D eigenvalue weighted by Gasteiger charge is 2.02. The minimum absolute atomic E-state index is 0.639. The van der Waals surface area contributed by atoms with Crippen molar-refractivity contribution in [3.8, 4) is 0 Å². The van der Waals surface area contributed by atoms with Gasteiger partial charge in [0, 0.05) is 19.2 Å². The molecule has 1 aromatic rings. The molecule has 0 aliphatic rings. The van der Waals surface area contributed by atoms with E-state index >= 15 is 0 Å². The van der Waals surface area contributed by atoms with E-state index in [1.54, 1.807) is 6.08 Å². The molecule has 0 aliphatic heterocycles. The molecule has 3 heteroatoms. The molecule has 0 heterocycles. The Bertz CT molecular complexity index is 424. The maximum absolute atomic E-state index is 10.3. The third-order valence-corrected chi connectivity index (χ3v) is 2.62. The van der Waals surface area contributed by atoms with Gasteiger partial charge in [0.2, 0.25) is 0 Å². The van der Waals surface area contributed by atoms with Crippen molar-refractivity contribution in [3.63, 3.8) is 0 Å². The third-order valence-electron chi connectivity index (χ3n) is 2.62. The second-order valence-corrected chi connectivity index (χ2v) is 4.37. The fourth-order valence-electron chi connectivity index (χ4n) is 1.71. The fourth-order valence-corrected chi connectivity index (χ4v) is 1.71. The van der Waals surface area contributed by atoms with Crippen molar-refractivity contribution in [2.75, 3.05) is 13.6 Å². The van der Waals surface area contributed by atoms with Gasteiger partial charge < -0.3 is 5.11 Å². The molecule has 1 N–H and O–H groups in total. The van der Waals surface area contributed by atoms with Gasteiger partial charge in [-0.1, -0.05) is 29.8 Å². The quantitative estimate of drug-likeness (QED) is 0.794.